The van der Waals surface area contributed by atoms with Gasteiger partial charge in [-0.2, -0.15) is 0 Å². The molecule has 0 aliphatic carbocycles. The third-order valence-electron chi connectivity index (χ3n) is 0.286. The maximum atomic E-state index is 2.79. The molecule has 0 spiro atoms. The van der Waals surface area contributed by atoms with Gasteiger partial charge in [0.1, 0.15) is 0 Å². The first-order valence-corrected chi connectivity index (χ1v) is 83.6. The van der Waals surface area contributed by atoms with Crippen molar-refractivity contribution in [3.05, 3.63) is 0 Å². The van der Waals surface area contributed by atoms with Crippen LogP contribution in [-0.4, -0.2) is 0 Å². The summed E-state index contributed by atoms with van der Waals surface area (Å²) in [4.78, 5) is 0. The SMILES string of the molecule is C.C.II(I)I(I)I(I)I.I[I-]I(I)I(I)I. The predicted octanol–water partition coefficient (Wildman–Crippen LogP) is 10.7. The van der Waals surface area contributed by atoms with E-state index in [0.29, 0.717) is 13.3 Å². The third kappa shape index (κ3) is 27.0. The fourth-order valence-electron chi connectivity index (χ4n) is 0.0463. The fraction of sp³-hybridized carbons (Fsp3) is 1.00. The zero-order valence-electron chi connectivity index (χ0n) is 5.67. The summed E-state index contributed by atoms with van der Waals surface area (Å²) in [5, 5.41) is 0. The Labute approximate surface area is 224 Å². The second kappa shape index (κ2) is 25.0. The van der Waals surface area contributed by atoms with Gasteiger partial charge in [0, 0.05) is 0 Å². The van der Waals surface area contributed by atoms with Gasteiger partial charge in [-0.3, -0.25) is 0 Å². The summed E-state index contributed by atoms with van der Waals surface area (Å²) in [7, 11) is -1.43. The van der Waals surface area contributed by atoms with Gasteiger partial charge in [-0.1, -0.05) is 14.9 Å². The monoisotopic (exact) mass is 1940 g/mol. The molecule has 0 aliphatic rings. The maximum absolute atomic E-state index is 2.79. The molecule has 17 heavy (non-hydrogen) atoms. The van der Waals surface area contributed by atoms with E-state index in [-0.39, 0.29) is 54.3 Å². The van der Waals surface area contributed by atoms with E-state index >= 15 is 0 Å². The molecule has 0 aliphatic heterocycles. The van der Waals surface area contributed by atoms with Crippen molar-refractivity contribution in [3.63, 3.8) is 0 Å². The molecule has 0 rings (SSSR count). The molecule has 0 fully saturated rings. The second-order valence-corrected chi connectivity index (χ2v) is 261. The van der Waals surface area contributed by atoms with Gasteiger partial charge in [-0.15, -0.1) is 0 Å². The van der Waals surface area contributed by atoms with Gasteiger partial charge in [0.2, 0.25) is 0 Å². The van der Waals surface area contributed by atoms with Crippen LogP contribution < -0.4 is 13.3 Å². The summed E-state index contributed by atoms with van der Waals surface area (Å²) in [6.07, 6.45) is 0. The average Bonchev–Trinajstić information content (AvgIpc) is 2.15. The van der Waals surface area contributed by atoms with E-state index in [1.807, 2.05) is 0 Å². The van der Waals surface area contributed by atoms with Gasteiger partial charge in [-0.05, 0) is 0 Å². The minimum atomic E-state index is -0.334. The van der Waals surface area contributed by atoms with Crippen molar-refractivity contribution < 1.29 is 13.3 Å². The minimum absolute atomic E-state index is 0. The Bertz CT molecular complexity index is 123. The summed E-state index contributed by atoms with van der Waals surface area (Å²) < 4.78 is 0. The molecule has 0 aromatic rings. The standard InChI is InChI=1S/2CH4.I8.I7/c;;1-6(2)8(5)7(3)4;1-5-7(4)6(2)3/h2*1H4;;/q;;;-1. The van der Waals surface area contributed by atoms with Crippen molar-refractivity contribution in [2.24, 2.45) is 0 Å². The average molecular weight is 1940 g/mol. The summed E-state index contributed by atoms with van der Waals surface area (Å²) in [6, 6.07) is 0. The van der Waals surface area contributed by atoms with E-state index in [1.54, 1.807) is 0 Å². The van der Waals surface area contributed by atoms with Crippen LogP contribution in [0, 0.1) is 0 Å². The zero-order valence-corrected chi connectivity index (χ0v) is 38.0. The zero-order chi connectivity index (χ0) is 12.6. The summed E-state index contributed by atoms with van der Waals surface area (Å²) in [6.45, 7) is 0. The van der Waals surface area contributed by atoms with Crippen molar-refractivity contribution in [3.8, 4) is 0 Å². The van der Waals surface area contributed by atoms with Crippen molar-refractivity contribution in [2.75, 3.05) is 0 Å². The molecule has 0 aromatic carbocycles. The van der Waals surface area contributed by atoms with Crippen LogP contribution in [0.25, 0.3) is 0 Å². The number of halogens is 15. The molecule has 0 saturated carbocycles. The van der Waals surface area contributed by atoms with Crippen LogP contribution in [0.4, 0.5) is 0 Å². The van der Waals surface area contributed by atoms with Crippen LogP contribution in [0.15, 0.2) is 0 Å². The first-order chi connectivity index (χ1) is 6.73. The van der Waals surface area contributed by atoms with Gasteiger partial charge in [0.15, 0.2) is 0 Å². The molecular weight excluding hydrogens is 1930 g/mol. The predicted molar refractivity (Wildman–Crippen MR) is 210 cm³/mol. The molecule has 15 heteroatoms. The van der Waals surface area contributed by atoms with E-state index in [0.717, 1.165) is 0 Å². The Balaban J connectivity index is -0.0000000896. The van der Waals surface area contributed by atoms with Crippen LogP contribution in [-0.2, 0) is 0 Å². The molecule has 0 radical (unpaired) electrons. The quantitative estimate of drug-likeness (QED) is 0.246. The number of rotatable bonds is 4. The van der Waals surface area contributed by atoms with Crippen LogP contribution in [0.2, 0.25) is 0 Å². The van der Waals surface area contributed by atoms with E-state index in [4.69, 9.17) is 0 Å². The molecule has 0 atom stereocenters. The van der Waals surface area contributed by atoms with Crippen LogP contribution in [0.1, 0.15) is 14.9 Å². The van der Waals surface area contributed by atoms with Gasteiger partial charge in [-0.25, -0.2) is 0 Å². The molecule has 0 amide bonds. The Morgan fingerprint density at radius 2 is 0.882 bits per heavy atom. The molecule has 0 unspecified atom stereocenters. The van der Waals surface area contributed by atoms with Crippen LogP contribution in [0.3, 0.4) is 0 Å². The second-order valence-electron chi connectivity index (χ2n) is 0.864. The van der Waals surface area contributed by atoms with Gasteiger partial charge in [0.05, 0.1) is 0 Å². The van der Waals surface area contributed by atoms with Crippen molar-refractivity contribution in [1.82, 2.24) is 0 Å². The summed E-state index contributed by atoms with van der Waals surface area (Å²) >= 11 is 25.1. The summed E-state index contributed by atoms with van der Waals surface area (Å²) in [5.41, 5.74) is 0. The fourth-order valence-corrected chi connectivity index (χ4v) is 629. The van der Waals surface area contributed by atoms with Crippen LogP contribution >= 0.6 is 207 Å². The number of hydrogen-bond acceptors (Lipinski definition) is 0. The third-order valence-corrected chi connectivity index (χ3v) is 579. The first-order valence-electron chi connectivity index (χ1n) is 1.86. The molecule has 0 N–H and O–H groups in total. The molecular formula is C2H8I15-. The Hall–Kier alpha value is 11.0. The van der Waals surface area contributed by atoms with E-state index < -0.39 is 0 Å². The van der Waals surface area contributed by atoms with Crippen LogP contribution in [0.5, 0.6) is 0 Å². The molecule has 0 aromatic heterocycles. The van der Waals surface area contributed by atoms with Gasteiger partial charge >= 0.3 is 220 Å². The number of hydrogen-bond donors (Lipinski definition) is 0. The first kappa shape index (κ1) is 35.4. The Morgan fingerprint density at radius 1 is 0.588 bits per heavy atom. The van der Waals surface area contributed by atoms with Crippen molar-refractivity contribution in [2.45, 2.75) is 14.9 Å². The molecule has 0 heterocycles. The molecule has 122 valence electrons. The molecule has 0 nitrogen and oxygen atoms in total. The van der Waals surface area contributed by atoms with Crippen molar-refractivity contribution in [1.29, 1.82) is 0 Å². The Morgan fingerprint density at radius 3 is 0.882 bits per heavy atom. The topological polar surface area (TPSA) is 0 Å². The Kier molecular flexibility index (Phi) is 52.0. The molecule has 0 bridgehead atoms. The van der Waals surface area contributed by atoms with E-state index in [9.17, 15) is 0 Å². The van der Waals surface area contributed by atoms with Gasteiger partial charge in [0.25, 0.3) is 0 Å². The van der Waals surface area contributed by atoms with Gasteiger partial charge < -0.3 is 0 Å². The normalized spacial score (nSPS) is 13.1. The van der Waals surface area contributed by atoms with E-state index in [2.05, 4.69) is 168 Å². The van der Waals surface area contributed by atoms with E-state index in [1.165, 1.54) is 0 Å². The molecule has 0 saturated heterocycles. The van der Waals surface area contributed by atoms with Crippen molar-refractivity contribution >= 4 is 207 Å². The summed E-state index contributed by atoms with van der Waals surface area (Å²) in [5.74, 6) is 0.